The minimum absolute atomic E-state index is 0.0752. The van der Waals surface area contributed by atoms with E-state index in [-0.39, 0.29) is 6.03 Å². The summed E-state index contributed by atoms with van der Waals surface area (Å²) in [6.45, 7) is 3.05. The van der Waals surface area contributed by atoms with Crippen molar-refractivity contribution >= 4 is 39.0 Å². The number of carbonyl (C=O) groups excluding carboxylic acids is 1. The molecular formula is C11H13N5OS2. The number of anilines is 2. The molecule has 100 valence electrons. The molecule has 2 aromatic rings. The highest BCUT2D eigenvalue weighted by Gasteiger charge is 2.22. The zero-order chi connectivity index (χ0) is 13.1. The zero-order valence-electron chi connectivity index (χ0n) is 10.2. The summed E-state index contributed by atoms with van der Waals surface area (Å²) in [7, 11) is 0. The number of hydrogen-bond acceptors (Lipinski definition) is 6. The zero-order valence-corrected chi connectivity index (χ0v) is 11.8. The molecule has 0 aromatic carbocycles. The maximum absolute atomic E-state index is 12.0. The molecule has 0 atom stereocenters. The fourth-order valence-electron chi connectivity index (χ4n) is 1.93. The third-order valence-corrected chi connectivity index (χ3v) is 4.42. The molecule has 0 aliphatic carbocycles. The molecule has 0 spiro atoms. The Morgan fingerprint density at radius 3 is 2.47 bits per heavy atom. The second-order valence-corrected chi connectivity index (χ2v) is 5.82. The topological polar surface area (TPSA) is 61.4 Å². The van der Waals surface area contributed by atoms with E-state index in [0.29, 0.717) is 18.2 Å². The first-order valence-corrected chi connectivity index (χ1v) is 7.69. The summed E-state index contributed by atoms with van der Waals surface area (Å²) in [5, 5.41) is 8.29. The molecule has 3 heterocycles. The monoisotopic (exact) mass is 295 g/mol. The highest BCUT2D eigenvalue weighted by molar-refractivity contribution is 7.14. The van der Waals surface area contributed by atoms with Gasteiger partial charge in [-0.3, -0.25) is 5.32 Å². The highest BCUT2D eigenvalue weighted by atomic mass is 32.1. The average molecular weight is 295 g/mol. The van der Waals surface area contributed by atoms with Crippen LogP contribution in [0.5, 0.6) is 0 Å². The number of piperazine rings is 1. The molecule has 1 saturated heterocycles. The molecule has 1 N–H and O–H groups in total. The second kappa shape index (κ2) is 5.54. The van der Waals surface area contributed by atoms with Gasteiger partial charge in [-0.2, -0.15) is 0 Å². The molecule has 0 saturated carbocycles. The third kappa shape index (κ3) is 2.85. The number of rotatable bonds is 2. The third-order valence-electron chi connectivity index (χ3n) is 2.90. The fourth-order valence-corrected chi connectivity index (χ4v) is 3.14. The Hall–Kier alpha value is -1.67. The van der Waals surface area contributed by atoms with E-state index in [9.17, 15) is 4.79 Å². The molecule has 6 nitrogen and oxygen atoms in total. The minimum Gasteiger partial charge on any atom is -0.345 e. The van der Waals surface area contributed by atoms with E-state index in [0.717, 1.165) is 18.2 Å². The van der Waals surface area contributed by atoms with E-state index in [2.05, 4.69) is 20.2 Å². The summed E-state index contributed by atoms with van der Waals surface area (Å²) in [6, 6.07) is -0.0752. The number of nitrogens with one attached hydrogen (secondary N) is 1. The van der Waals surface area contributed by atoms with Gasteiger partial charge in [-0.05, 0) is 0 Å². The maximum atomic E-state index is 12.0. The smallest absolute Gasteiger partial charge is 0.323 e. The lowest BCUT2D eigenvalue weighted by Crippen LogP contribution is -2.50. The summed E-state index contributed by atoms with van der Waals surface area (Å²) in [6.07, 6.45) is 3.49. The number of nitrogens with zero attached hydrogens (tertiary/aromatic N) is 4. The lowest BCUT2D eigenvalue weighted by atomic mass is 10.3. The number of urea groups is 1. The van der Waals surface area contributed by atoms with Crippen LogP contribution >= 0.6 is 22.7 Å². The Morgan fingerprint density at radius 1 is 1.11 bits per heavy atom. The molecule has 2 amide bonds. The largest absolute Gasteiger partial charge is 0.345 e. The van der Waals surface area contributed by atoms with Crippen molar-refractivity contribution in [1.29, 1.82) is 0 Å². The van der Waals surface area contributed by atoms with Crippen LogP contribution in [0.2, 0.25) is 0 Å². The van der Waals surface area contributed by atoms with E-state index >= 15 is 0 Å². The summed E-state index contributed by atoms with van der Waals surface area (Å²) in [4.78, 5) is 24.4. The first-order valence-electron chi connectivity index (χ1n) is 5.93. The summed E-state index contributed by atoms with van der Waals surface area (Å²) in [5.41, 5.74) is 0. The lowest BCUT2D eigenvalue weighted by Gasteiger charge is -2.34. The number of aromatic nitrogens is 2. The first-order chi connectivity index (χ1) is 9.33. The number of carbonyl (C=O) groups is 1. The van der Waals surface area contributed by atoms with Crippen LogP contribution in [0.25, 0.3) is 0 Å². The van der Waals surface area contributed by atoms with Crippen LogP contribution in [0.3, 0.4) is 0 Å². The maximum Gasteiger partial charge on any atom is 0.323 e. The van der Waals surface area contributed by atoms with Gasteiger partial charge in [0.1, 0.15) is 0 Å². The van der Waals surface area contributed by atoms with E-state index in [1.807, 2.05) is 21.9 Å². The molecule has 0 unspecified atom stereocenters. The normalized spacial score (nSPS) is 15.6. The Balaban J connectivity index is 1.54. The lowest BCUT2D eigenvalue weighted by molar-refractivity contribution is 0.208. The van der Waals surface area contributed by atoms with Crippen LogP contribution in [0.4, 0.5) is 15.1 Å². The highest BCUT2D eigenvalue weighted by Crippen LogP contribution is 2.19. The van der Waals surface area contributed by atoms with Gasteiger partial charge in [0, 0.05) is 49.3 Å². The molecule has 3 rings (SSSR count). The Morgan fingerprint density at radius 2 is 1.84 bits per heavy atom. The van der Waals surface area contributed by atoms with Gasteiger partial charge in [-0.25, -0.2) is 14.8 Å². The number of hydrogen-bond donors (Lipinski definition) is 1. The summed E-state index contributed by atoms with van der Waals surface area (Å²) in [5.74, 6) is 0. The van der Waals surface area contributed by atoms with Crippen molar-refractivity contribution in [3.63, 3.8) is 0 Å². The quantitative estimate of drug-likeness (QED) is 0.920. The van der Waals surface area contributed by atoms with Crippen molar-refractivity contribution in [3.8, 4) is 0 Å². The van der Waals surface area contributed by atoms with E-state index in [1.165, 1.54) is 11.3 Å². The van der Waals surface area contributed by atoms with Crippen molar-refractivity contribution in [1.82, 2.24) is 14.9 Å². The van der Waals surface area contributed by atoms with Crippen LogP contribution in [-0.2, 0) is 0 Å². The van der Waals surface area contributed by atoms with Gasteiger partial charge in [0.25, 0.3) is 0 Å². The minimum atomic E-state index is -0.0752. The van der Waals surface area contributed by atoms with Gasteiger partial charge in [-0.1, -0.05) is 0 Å². The standard InChI is InChI=1S/C11H13N5OS2/c17-10(14-9-12-1-7-18-9)15-3-5-16(6-4-15)11-13-2-8-19-11/h1-2,7-8H,3-6H2,(H,12,14,17). The SMILES string of the molecule is O=C(Nc1nccs1)N1CCN(c2nccs2)CC1. The molecule has 1 fully saturated rings. The van der Waals surface area contributed by atoms with Crippen LogP contribution < -0.4 is 10.2 Å². The second-order valence-electron chi connectivity index (χ2n) is 4.06. The van der Waals surface area contributed by atoms with Gasteiger partial charge in [0.2, 0.25) is 0 Å². The van der Waals surface area contributed by atoms with Crippen molar-refractivity contribution in [2.45, 2.75) is 0 Å². The van der Waals surface area contributed by atoms with Gasteiger partial charge >= 0.3 is 6.03 Å². The van der Waals surface area contributed by atoms with Gasteiger partial charge in [0.05, 0.1) is 0 Å². The Labute approximate surface area is 118 Å². The van der Waals surface area contributed by atoms with Gasteiger partial charge < -0.3 is 9.80 Å². The molecule has 19 heavy (non-hydrogen) atoms. The fraction of sp³-hybridized carbons (Fsp3) is 0.364. The van der Waals surface area contributed by atoms with Crippen LogP contribution in [0.15, 0.2) is 23.2 Å². The van der Waals surface area contributed by atoms with Crippen LogP contribution in [-0.4, -0.2) is 47.1 Å². The molecule has 2 aromatic heterocycles. The number of thiazole rings is 2. The number of amides is 2. The molecule has 1 aliphatic rings. The average Bonchev–Trinajstić information content (AvgIpc) is 3.12. The van der Waals surface area contributed by atoms with Crippen LogP contribution in [0, 0.1) is 0 Å². The predicted octanol–water partition coefficient (Wildman–Crippen LogP) is 1.95. The Kier molecular flexibility index (Phi) is 3.60. The first kappa shape index (κ1) is 12.4. The summed E-state index contributed by atoms with van der Waals surface area (Å²) >= 11 is 3.06. The van der Waals surface area contributed by atoms with E-state index in [4.69, 9.17) is 0 Å². The molecule has 1 aliphatic heterocycles. The Bertz CT molecular complexity index is 519. The van der Waals surface area contributed by atoms with E-state index < -0.39 is 0 Å². The molecular weight excluding hydrogens is 282 g/mol. The van der Waals surface area contributed by atoms with Crippen molar-refractivity contribution in [2.24, 2.45) is 0 Å². The van der Waals surface area contributed by atoms with Crippen molar-refractivity contribution in [3.05, 3.63) is 23.2 Å². The van der Waals surface area contributed by atoms with Crippen molar-refractivity contribution in [2.75, 3.05) is 36.4 Å². The van der Waals surface area contributed by atoms with Gasteiger partial charge in [0.15, 0.2) is 10.3 Å². The van der Waals surface area contributed by atoms with Crippen molar-refractivity contribution < 1.29 is 4.79 Å². The molecule has 0 radical (unpaired) electrons. The van der Waals surface area contributed by atoms with Crippen LogP contribution in [0.1, 0.15) is 0 Å². The summed E-state index contributed by atoms with van der Waals surface area (Å²) < 4.78 is 0. The molecule has 0 bridgehead atoms. The van der Waals surface area contributed by atoms with E-state index in [1.54, 1.807) is 17.5 Å². The predicted molar refractivity (Wildman–Crippen MR) is 77.0 cm³/mol. The van der Waals surface area contributed by atoms with Gasteiger partial charge in [-0.15, -0.1) is 22.7 Å². The molecule has 8 heteroatoms.